The third-order valence-electron chi connectivity index (χ3n) is 2.79. The highest BCUT2D eigenvalue weighted by molar-refractivity contribution is 5.81. The van der Waals surface area contributed by atoms with Gasteiger partial charge in [0.15, 0.2) is 0 Å². The Morgan fingerprint density at radius 3 is 0.848 bits per heavy atom. The fourth-order valence-electron chi connectivity index (χ4n) is 1.40. The normalized spacial score (nSPS) is 9.58. The van der Waals surface area contributed by atoms with E-state index in [9.17, 15) is 24.0 Å². The van der Waals surface area contributed by atoms with Gasteiger partial charge in [-0.05, 0) is 40.5 Å². The average molecular weight is 478 g/mol. The van der Waals surface area contributed by atoms with Crippen molar-refractivity contribution in [2.75, 3.05) is 6.54 Å². The summed E-state index contributed by atoms with van der Waals surface area (Å²) >= 11 is 0. The van der Waals surface area contributed by atoms with E-state index in [0.717, 1.165) is 26.8 Å². The van der Waals surface area contributed by atoms with E-state index >= 15 is 0 Å². The highest BCUT2D eigenvalue weighted by atomic mass is 16.4. The maximum Gasteiger partial charge on any atom is 0.300 e. The number of β-lactam (4-membered cyclic amide) rings is 1. The number of Topliss-reactive ketones (excluding diaryl/α,β-unsaturated/α-hetero) is 4. The number of rotatable bonds is 8. The zero-order valence-electron chi connectivity index (χ0n) is 21.4. The van der Waals surface area contributed by atoms with Crippen LogP contribution in [0.1, 0.15) is 86.5 Å². The SMILES string of the molecule is CC(=O)CCCC(C)=O.CC(=O)CCCC(C)=O.CC(=O)O.CC(=O)O.O=C1CCN1.[CH3-].[CH3-]. The monoisotopic (exact) mass is 477 g/mol. The van der Waals surface area contributed by atoms with Gasteiger partial charge in [0.25, 0.3) is 11.9 Å². The van der Waals surface area contributed by atoms with Gasteiger partial charge in [0.05, 0.1) is 0 Å². The lowest BCUT2D eigenvalue weighted by atomic mass is 10.1. The van der Waals surface area contributed by atoms with Gasteiger partial charge in [0.1, 0.15) is 23.1 Å². The Labute approximate surface area is 198 Å². The Balaban J connectivity index is -0.0000000710. The van der Waals surface area contributed by atoms with Gasteiger partial charge >= 0.3 is 0 Å². The Kier molecular flexibility index (Phi) is 41.6. The summed E-state index contributed by atoms with van der Waals surface area (Å²) in [5.41, 5.74) is 0. The smallest absolute Gasteiger partial charge is 0.300 e. The van der Waals surface area contributed by atoms with Crippen LogP contribution in [0.3, 0.4) is 0 Å². The largest absolute Gasteiger partial charge is 0.481 e. The van der Waals surface area contributed by atoms with Gasteiger partial charge in [-0.2, -0.15) is 0 Å². The van der Waals surface area contributed by atoms with Crippen molar-refractivity contribution in [1.29, 1.82) is 0 Å². The van der Waals surface area contributed by atoms with E-state index in [0.29, 0.717) is 38.5 Å². The third kappa shape index (κ3) is 93.8. The quantitative estimate of drug-likeness (QED) is 0.350. The predicted octanol–water partition coefficient (Wildman–Crippen LogP) is 3.26. The van der Waals surface area contributed by atoms with Gasteiger partial charge in [-0.25, -0.2) is 0 Å². The zero-order valence-corrected chi connectivity index (χ0v) is 21.4. The van der Waals surface area contributed by atoms with Crippen LogP contribution in [-0.2, 0) is 33.6 Å². The highest BCUT2D eigenvalue weighted by Gasteiger charge is 2.07. The van der Waals surface area contributed by atoms with Crippen LogP contribution in [0.4, 0.5) is 0 Å². The molecular weight excluding hydrogens is 434 g/mol. The van der Waals surface area contributed by atoms with Crippen molar-refractivity contribution in [2.24, 2.45) is 0 Å². The molecule has 10 heteroatoms. The van der Waals surface area contributed by atoms with Crippen molar-refractivity contribution in [1.82, 2.24) is 5.32 Å². The molecule has 0 aliphatic carbocycles. The molecule has 0 bridgehead atoms. The van der Waals surface area contributed by atoms with Crippen molar-refractivity contribution in [3.05, 3.63) is 14.9 Å². The molecule has 0 aromatic carbocycles. The highest BCUT2D eigenvalue weighted by Crippen LogP contribution is 1.96. The topological polar surface area (TPSA) is 172 Å². The fraction of sp³-hybridized carbons (Fsp3) is 0.609. The molecule has 1 fully saturated rings. The minimum absolute atomic E-state index is 0. The fourth-order valence-corrected chi connectivity index (χ4v) is 1.40. The van der Waals surface area contributed by atoms with E-state index in [4.69, 9.17) is 19.8 Å². The average Bonchev–Trinajstić information content (AvgIpc) is 2.51. The standard InChI is InChI=1S/2C7H12O2.C3H5NO.2C2H4O2.2CH3/c2*1-6(8)4-3-5-7(2)9;5-3-1-2-4-3;2*1-2(3)4;;/h2*3-5H2,1-2H3;1-2H2,(H,4,5);2*1H3,(H,3,4);2*1H3/q;;;;;2*-1. The number of carbonyl (C=O) groups is 7. The van der Waals surface area contributed by atoms with E-state index in [1.54, 1.807) is 27.7 Å². The molecule has 33 heavy (non-hydrogen) atoms. The number of hydrogen-bond donors (Lipinski definition) is 3. The molecule has 0 unspecified atom stereocenters. The van der Waals surface area contributed by atoms with Gasteiger partial charge in [-0.3, -0.25) is 14.4 Å². The number of carbonyl (C=O) groups excluding carboxylic acids is 5. The first kappa shape index (κ1) is 43.9. The molecule has 0 radical (unpaired) electrons. The second-order valence-corrected chi connectivity index (χ2v) is 6.65. The van der Waals surface area contributed by atoms with E-state index in [1.807, 2.05) is 0 Å². The van der Waals surface area contributed by atoms with Crippen LogP contribution in [0.5, 0.6) is 0 Å². The molecule has 10 nitrogen and oxygen atoms in total. The summed E-state index contributed by atoms with van der Waals surface area (Å²) in [7, 11) is 0. The first-order valence-electron chi connectivity index (χ1n) is 9.75. The molecule has 1 aliphatic rings. The molecule has 1 amide bonds. The predicted molar refractivity (Wildman–Crippen MR) is 128 cm³/mol. The van der Waals surface area contributed by atoms with Crippen molar-refractivity contribution in [3.63, 3.8) is 0 Å². The van der Waals surface area contributed by atoms with Crippen molar-refractivity contribution in [2.45, 2.75) is 86.5 Å². The van der Waals surface area contributed by atoms with E-state index < -0.39 is 11.9 Å². The minimum atomic E-state index is -0.833. The lowest BCUT2D eigenvalue weighted by molar-refractivity contribution is -0.135. The van der Waals surface area contributed by atoms with Gasteiger partial charge in [0, 0.05) is 52.5 Å². The second-order valence-electron chi connectivity index (χ2n) is 6.65. The maximum atomic E-state index is 10.3. The molecule has 3 N–H and O–H groups in total. The second kappa shape index (κ2) is 31.3. The Bertz CT molecular complexity index is 500. The summed E-state index contributed by atoms with van der Waals surface area (Å²) in [5.74, 6) is -0.829. The molecule has 1 saturated heterocycles. The van der Waals surface area contributed by atoms with Crippen LogP contribution in [0.15, 0.2) is 0 Å². The molecule has 1 heterocycles. The number of nitrogens with one attached hydrogen (secondary N) is 1. The molecule has 0 aromatic rings. The third-order valence-corrected chi connectivity index (χ3v) is 2.79. The van der Waals surface area contributed by atoms with Gasteiger partial charge in [-0.1, -0.05) is 0 Å². The molecular formula is C23H43NO9-2. The summed E-state index contributed by atoms with van der Waals surface area (Å²) in [6.45, 7) is 9.22. The first-order valence-corrected chi connectivity index (χ1v) is 9.75. The molecule has 1 aliphatic heterocycles. The van der Waals surface area contributed by atoms with E-state index in [2.05, 4.69) is 5.32 Å². The Hall–Kier alpha value is -2.91. The van der Waals surface area contributed by atoms with Crippen LogP contribution in [0.2, 0.25) is 0 Å². The number of ketones is 4. The Morgan fingerprint density at radius 1 is 0.636 bits per heavy atom. The molecule has 1 rings (SSSR count). The summed E-state index contributed by atoms with van der Waals surface area (Å²) in [4.78, 5) is 69.0. The first-order chi connectivity index (χ1) is 14.1. The van der Waals surface area contributed by atoms with Gasteiger partial charge in [0.2, 0.25) is 5.91 Å². The van der Waals surface area contributed by atoms with Gasteiger partial charge < -0.3 is 49.6 Å². The Morgan fingerprint density at radius 2 is 0.788 bits per heavy atom. The van der Waals surface area contributed by atoms with Crippen LogP contribution in [-0.4, -0.2) is 57.7 Å². The number of amides is 1. The van der Waals surface area contributed by atoms with Crippen LogP contribution >= 0.6 is 0 Å². The number of aliphatic carboxylic acids is 2. The van der Waals surface area contributed by atoms with E-state index in [1.165, 1.54) is 0 Å². The molecule has 0 saturated carbocycles. The summed E-state index contributed by atoms with van der Waals surface area (Å²) in [6, 6.07) is 0. The zero-order chi connectivity index (χ0) is 25.4. The van der Waals surface area contributed by atoms with Crippen molar-refractivity contribution >= 4 is 41.0 Å². The van der Waals surface area contributed by atoms with Crippen LogP contribution in [0, 0.1) is 14.9 Å². The van der Waals surface area contributed by atoms with Gasteiger partial charge in [-0.15, -0.1) is 0 Å². The number of carboxylic acids is 2. The number of hydrogen-bond acceptors (Lipinski definition) is 7. The summed E-state index contributed by atoms with van der Waals surface area (Å²) in [5, 5.41) is 17.4. The van der Waals surface area contributed by atoms with Crippen LogP contribution in [0.25, 0.3) is 0 Å². The maximum absolute atomic E-state index is 10.3. The van der Waals surface area contributed by atoms with Crippen LogP contribution < -0.4 is 5.32 Å². The molecule has 0 aromatic heterocycles. The summed E-state index contributed by atoms with van der Waals surface area (Å²) in [6.07, 6.45) is 4.33. The number of carboxylic acid groups (broad SMARTS) is 2. The lowest BCUT2D eigenvalue weighted by Gasteiger charge is -2.10. The molecule has 0 atom stereocenters. The van der Waals surface area contributed by atoms with Crippen molar-refractivity contribution < 1.29 is 43.8 Å². The summed E-state index contributed by atoms with van der Waals surface area (Å²) < 4.78 is 0. The minimum Gasteiger partial charge on any atom is -0.481 e. The molecule has 196 valence electrons. The molecule has 0 spiro atoms. The lowest BCUT2D eigenvalue weighted by Crippen LogP contribution is -2.37. The van der Waals surface area contributed by atoms with Crippen molar-refractivity contribution in [3.8, 4) is 0 Å². The van der Waals surface area contributed by atoms with E-state index in [-0.39, 0.29) is 43.9 Å².